The van der Waals surface area contributed by atoms with Crippen molar-refractivity contribution < 1.29 is 64.6 Å². The molecular weight excluding hydrogens is 1120 g/mol. The largest absolute Gasteiger partial charge is 0.394 e. The van der Waals surface area contributed by atoms with Gasteiger partial charge in [-0.15, -0.1) is 0 Å². The van der Waals surface area contributed by atoms with E-state index in [2.05, 4.69) is 19.2 Å². The number of nitrogens with one attached hydrogen (secondary N) is 1. The summed E-state index contributed by atoms with van der Waals surface area (Å²) in [7, 11) is 0. The number of ether oxygens (including phenoxy) is 4. The summed E-state index contributed by atoms with van der Waals surface area (Å²) >= 11 is 0. The SMILES string of the molecule is CCCCCCCCCCCCCCCCCCCCCCCCCCCCCCCCCCCC(O)C(COC1OC(CO)C(OC2OC(CO)C(O)C(O)C2O)C(O)C1O)NC(=O)CCCCCCCCCCCCCCCCCCCCCCCC. The number of amides is 1. The normalized spacial score (nSPS) is 22.9. The molecule has 2 heterocycles. The molecule has 2 aliphatic heterocycles. The molecule has 0 bridgehead atoms. The molecule has 0 aliphatic carbocycles. The molecule has 1 amide bonds. The number of carbonyl (C=O) groups is 1. The first-order chi connectivity index (χ1) is 43.6. The van der Waals surface area contributed by atoms with Crippen molar-refractivity contribution in [2.75, 3.05) is 19.8 Å². The Hall–Kier alpha value is -1.01. The molecule has 0 aromatic rings. The standard InChI is InChI=1S/C75H147NO13/c1-3-5-7-9-11-13-15-17-19-21-23-25-27-28-29-30-31-32-33-34-35-36-37-38-40-42-44-46-48-50-52-54-56-58-64(79)63(62-86-74-72(85)70(83)73(66(61-78)88-74)89-75-71(84)69(82)68(81)65(60-77)87-75)76-67(80)59-57-55-53-51-49-47-45-43-41-39-26-24-22-20-18-16-14-12-10-8-6-4-2/h63-66,68-75,77-79,81-85H,3-62H2,1-2H3,(H,76,80). The molecule has 0 radical (unpaired) electrons. The van der Waals surface area contributed by atoms with Crippen molar-refractivity contribution in [2.24, 2.45) is 0 Å². The molecule has 0 saturated carbocycles. The lowest BCUT2D eigenvalue weighted by molar-refractivity contribution is -0.359. The number of hydrogen-bond acceptors (Lipinski definition) is 13. The van der Waals surface area contributed by atoms with Gasteiger partial charge in [0.15, 0.2) is 12.6 Å². The van der Waals surface area contributed by atoms with Gasteiger partial charge in [0.2, 0.25) is 5.91 Å². The number of rotatable bonds is 66. The quantitative estimate of drug-likeness (QED) is 0.0259. The molecule has 530 valence electrons. The Kier molecular flexibility index (Phi) is 57.3. The Morgan fingerprint density at radius 3 is 0.955 bits per heavy atom. The second-order valence-corrected chi connectivity index (χ2v) is 27.9. The fourth-order valence-corrected chi connectivity index (χ4v) is 13.4. The van der Waals surface area contributed by atoms with Gasteiger partial charge in [0, 0.05) is 6.42 Å². The molecule has 12 unspecified atom stereocenters. The van der Waals surface area contributed by atoms with Gasteiger partial charge in [-0.25, -0.2) is 0 Å². The van der Waals surface area contributed by atoms with Crippen molar-refractivity contribution in [1.29, 1.82) is 0 Å². The van der Waals surface area contributed by atoms with E-state index in [0.29, 0.717) is 12.8 Å². The van der Waals surface area contributed by atoms with Crippen molar-refractivity contribution in [3.63, 3.8) is 0 Å². The molecule has 2 rings (SSSR count). The van der Waals surface area contributed by atoms with E-state index in [4.69, 9.17) is 18.9 Å². The van der Waals surface area contributed by atoms with E-state index in [1.54, 1.807) is 0 Å². The smallest absolute Gasteiger partial charge is 0.220 e. The van der Waals surface area contributed by atoms with E-state index < -0.39 is 86.8 Å². The van der Waals surface area contributed by atoms with Crippen molar-refractivity contribution in [2.45, 2.75) is 453 Å². The van der Waals surface area contributed by atoms with Crippen LogP contribution in [0, 0.1) is 0 Å². The number of aliphatic hydroxyl groups excluding tert-OH is 8. The average molecular weight is 1270 g/mol. The van der Waals surface area contributed by atoms with E-state index in [1.165, 1.54) is 302 Å². The minimum atomic E-state index is -1.78. The Balaban J connectivity index is 1.60. The van der Waals surface area contributed by atoms with Gasteiger partial charge < -0.3 is 65.1 Å². The Bertz CT molecular complexity index is 1500. The average Bonchev–Trinajstić information content (AvgIpc) is 1.63. The van der Waals surface area contributed by atoms with Crippen molar-refractivity contribution >= 4 is 5.91 Å². The van der Waals surface area contributed by atoms with Gasteiger partial charge in [0.05, 0.1) is 32.0 Å². The van der Waals surface area contributed by atoms with Gasteiger partial charge in [0.25, 0.3) is 0 Å². The Morgan fingerprint density at radius 2 is 0.640 bits per heavy atom. The van der Waals surface area contributed by atoms with Gasteiger partial charge in [-0.05, 0) is 12.8 Å². The first-order valence-corrected chi connectivity index (χ1v) is 38.8. The highest BCUT2D eigenvalue weighted by Crippen LogP contribution is 2.30. The van der Waals surface area contributed by atoms with Crippen LogP contribution in [0.3, 0.4) is 0 Å². The van der Waals surface area contributed by atoms with E-state index in [0.717, 1.165) is 51.4 Å². The van der Waals surface area contributed by atoms with Gasteiger partial charge in [-0.1, -0.05) is 361 Å². The van der Waals surface area contributed by atoms with Crippen LogP contribution in [0.2, 0.25) is 0 Å². The van der Waals surface area contributed by atoms with Gasteiger partial charge in [0.1, 0.15) is 48.8 Å². The third-order valence-corrected chi connectivity index (χ3v) is 19.6. The zero-order chi connectivity index (χ0) is 64.5. The van der Waals surface area contributed by atoms with Crippen LogP contribution in [-0.2, 0) is 23.7 Å². The molecule has 0 spiro atoms. The summed E-state index contributed by atoms with van der Waals surface area (Å²) in [5, 5.41) is 87.8. The zero-order valence-corrected chi connectivity index (χ0v) is 58.0. The fraction of sp³-hybridized carbons (Fsp3) is 0.987. The molecule has 2 fully saturated rings. The van der Waals surface area contributed by atoms with E-state index in [1.807, 2.05) is 0 Å². The number of hydrogen-bond donors (Lipinski definition) is 9. The highest BCUT2D eigenvalue weighted by atomic mass is 16.7. The maximum absolute atomic E-state index is 13.4. The minimum absolute atomic E-state index is 0.196. The predicted octanol–water partition coefficient (Wildman–Crippen LogP) is 16.7. The van der Waals surface area contributed by atoms with Crippen LogP contribution < -0.4 is 5.32 Å². The second kappa shape index (κ2) is 60.6. The molecule has 12 atom stereocenters. The first-order valence-electron chi connectivity index (χ1n) is 38.8. The van der Waals surface area contributed by atoms with Gasteiger partial charge in [-0.2, -0.15) is 0 Å². The number of aliphatic hydroxyl groups is 8. The highest BCUT2D eigenvalue weighted by molar-refractivity contribution is 5.76. The monoisotopic (exact) mass is 1270 g/mol. The molecule has 0 aromatic heterocycles. The molecule has 9 N–H and O–H groups in total. The maximum atomic E-state index is 13.4. The summed E-state index contributed by atoms with van der Waals surface area (Å²) in [6.07, 6.45) is 57.1. The van der Waals surface area contributed by atoms with Crippen molar-refractivity contribution in [1.82, 2.24) is 5.32 Å². The van der Waals surface area contributed by atoms with Crippen LogP contribution in [0.4, 0.5) is 0 Å². The predicted molar refractivity (Wildman–Crippen MR) is 365 cm³/mol. The molecule has 89 heavy (non-hydrogen) atoms. The lowest BCUT2D eigenvalue weighted by Gasteiger charge is -2.46. The minimum Gasteiger partial charge on any atom is -0.394 e. The summed E-state index contributed by atoms with van der Waals surface area (Å²) in [6, 6.07) is -0.825. The van der Waals surface area contributed by atoms with Crippen LogP contribution in [-0.4, -0.2) is 140 Å². The van der Waals surface area contributed by atoms with Crippen molar-refractivity contribution in [3.8, 4) is 0 Å². The lowest BCUT2D eigenvalue weighted by Crippen LogP contribution is -2.65. The van der Waals surface area contributed by atoms with E-state index in [-0.39, 0.29) is 12.5 Å². The molecular formula is C75H147NO13. The summed E-state index contributed by atoms with van der Waals surface area (Å²) in [6.45, 7) is 2.94. The van der Waals surface area contributed by atoms with Crippen LogP contribution in [0.5, 0.6) is 0 Å². The number of carbonyl (C=O) groups excluding carboxylic acids is 1. The highest BCUT2D eigenvalue weighted by Gasteiger charge is 2.51. The van der Waals surface area contributed by atoms with Gasteiger partial charge >= 0.3 is 0 Å². The molecule has 2 aliphatic rings. The third-order valence-electron chi connectivity index (χ3n) is 19.6. The first kappa shape index (κ1) is 84.1. The van der Waals surface area contributed by atoms with Crippen LogP contribution in [0.15, 0.2) is 0 Å². The molecule has 14 nitrogen and oxygen atoms in total. The van der Waals surface area contributed by atoms with Crippen LogP contribution in [0.25, 0.3) is 0 Å². The maximum Gasteiger partial charge on any atom is 0.220 e. The summed E-state index contributed by atoms with van der Waals surface area (Å²) in [4.78, 5) is 13.4. The second-order valence-electron chi connectivity index (χ2n) is 27.9. The van der Waals surface area contributed by atoms with Crippen LogP contribution in [0.1, 0.15) is 380 Å². The van der Waals surface area contributed by atoms with Crippen LogP contribution >= 0.6 is 0 Å². The molecule has 14 heteroatoms. The third kappa shape index (κ3) is 44.4. The Labute approximate surface area is 546 Å². The zero-order valence-electron chi connectivity index (χ0n) is 58.0. The topological polar surface area (TPSA) is 228 Å². The van der Waals surface area contributed by atoms with E-state index >= 15 is 0 Å². The Morgan fingerprint density at radius 1 is 0.360 bits per heavy atom. The number of unbranched alkanes of at least 4 members (excludes halogenated alkanes) is 53. The molecule has 0 aromatic carbocycles. The summed E-state index contributed by atoms with van der Waals surface area (Å²) in [5.74, 6) is -0.196. The fourth-order valence-electron chi connectivity index (χ4n) is 13.4. The lowest BCUT2D eigenvalue weighted by atomic mass is 9.97. The van der Waals surface area contributed by atoms with Crippen molar-refractivity contribution in [3.05, 3.63) is 0 Å². The summed E-state index contributed by atoms with van der Waals surface area (Å²) < 4.78 is 23.0. The van der Waals surface area contributed by atoms with Gasteiger partial charge in [-0.3, -0.25) is 4.79 Å². The molecule has 2 saturated heterocycles. The summed E-state index contributed by atoms with van der Waals surface area (Å²) in [5.41, 5.74) is 0. The van der Waals surface area contributed by atoms with E-state index in [9.17, 15) is 45.6 Å².